The second kappa shape index (κ2) is 10.4. The van der Waals surface area contributed by atoms with Gasteiger partial charge in [0.2, 0.25) is 5.91 Å². The fraction of sp³-hybridized carbons (Fsp3) is 0.269. The van der Waals surface area contributed by atoms with Crippen LogP contribution in [0.25, 0.3) is 0 Å². The minimum atomic E-state index is 0.0291. The summed E-state index contributed by atoms with van der Waals surface area (Å²) in [5, 5.41) is 0.778. The number of fused-ring (bicyclic) bond motifs is 2. The number of carbonyl (C=O) groups excluding carboxylic acids is 1. The minimum absolute atomic E-state index is 0.0291. The Morgan fingerprint density at radius 3 is 2.50 bits per heavy atom. The van der Waals surface area contributed by atoms with E-state index in [2.05, 4.69) is 46.0 Å². The number of aryl methyl sites for hydroxylation is 2. The average molecular weight is 466 g/mol. The zero-order valence-electron chi connectivity index (χ0n) is 18.5. The Labute approximate surface area is 199 Å². The van der Waals surface area contributed by atoms with Crippen molar-refractivity contribution in [2.75, 3.05) is 29.9 Å². The van der Waals surface area contributed by atoms with Crippen LogP contribution in [0.15, 0.2) is 71.6 Å². The Balaban J connectivity index is 1.37. The highest BCUT2D eigenvalue weighted by atomic mass is 35.5. The number of nitrogens with one attached hydrogen (secondary N) is 1. The van der Waals surface area contributed by atoms with Crippen LogP contribution in [-0.4, -0.2) is 26.0 Å². The SMILES string of the molecule is CC(=O)N(C)c1ccc(SNCCCN2c3ccccc3CCc3ccc(Cl)cc32)cc1. The van der Waals surface area contributed by atoms with Crippen LogP contribution in [0.2, 0.25) is 5.02 Å². The van der Waals surface area contributed by atoms with Crippen molar-refractivity contribution >= 4 is 46.5 Å². The first-order chi connectivity index (χ1) is 15.5. The summed E-state index contributed by atoms with van der Waals surface area (Å²) >= 11 is 7.98. The quantitative estimate of drug-likeness (QED) is 0.330. The van der Waals surface area contributed by atoms with Gasteiger partial charge in [-0.15, -0.1) is 0 Å². The van der Waals surface area contributed by atoms with Gasteiger partial charge in [0, 0.05) is 54.0 Å². The monoisotopic (exact) mass is 465 g/mol. The molecule has 3 aromatic carbocycles. The van der Waals surface area contributed by atoms with Gasteiger partial charge in [0.1, 0.15) is 0 Å². The molecule has 3 aromatic rings. The molecule has 0 aromatic heterocycles. The Bertz CT molecular complexity index is 1090. The first-order valence-corrected chi connectivity index (χ1v) is 12.1. The predicted molar refractivity (Wildman–Crippen MR) is 136 cm³/mol. The van der Waals surface area contributed by atoms with Crippen molar-refractivity contribution in [3.8, 4) is 0 Å². The number of amides is 1. The number of anilines is 3. The van der Waals surface area contributed by atoms with E-state index < -0.39 is 0 Å². The van der Waals surface area contributed by atoms with Crippen LogP contribution < -0.4 is 14.5 Å². The molecule has 0 aliphatic carbocycles. The van der Waals surface area contributed by atoms with Gasteiger partial charge >= 0.3 is 0 Å². The lowest BCUT2D eigenvalue weighted by molar-refractivity contribution is -0.116. The third-order valence-corrected chi connectivity index (χ3v) is 6.92. The standard InChI is InChI=1S/C26H28ClN3OS/c1-19(31)29(2)23-12-14-24(15-13-23)32-28-16-5-17-30-25-7-4-3-6-20(25)8-9-21-10-11-22(27)18-26(21)30/h3-4,6-7,10-15,18,28H,5,8-9,16-17H2,1-2H3. The normalized spacial score (nSPS) is 12.7. The third kappa shape index (κ3) is 5.29. The van der Waals surface area contributed by atoms with Crippen molar-refractivity contribution in [2.24, 2.45) is 0 Å². The fourth-order valence-electron chi connectivity index (χ4n) is 3.99. The summed E-state index contributed by atoms with van der Waals surface area (Å²) in [7, 11) is 1.79. The summed E-state index contributed by atoms with van der Waals surface area (Å²) in [4.78, 5) is 16.7. The van der Waals surface area contributed by atoms with Crippen molar-refractivity contribution in [3.05, 3.63) is 82.9 Å². The van der Waals surface area contributed by atoms with Gasteiger partial charge < -0.3 is 9.80 Å². The first kappa shape index (κ1) is 22.7. The number of hydrogen-bond donors (Lipinski definition) is 1. The van der Waals surface area contributed by atoms with Crippen LogP contribution in [-0.2, 0) is 17.6 Å². The smallest absolute Gasteiger partial charge is 0.223 e. The molecule has 4 rings (SSSR count). The van der Waals surface area contributed by atoms with Gasteiger partial charge in [-0.1, -0.05) is 35.9 Å². The molecule has 166 valence electrons. The van der Waals surface area contributed by atoms with E-state index in [-0.39, 0.29) is 5.91 Å². The number of para-hydroxylation sites is 1. The maximum absolute atomic E-state index is 11.5. The highest BCUT2D eigenvalue weighted by molar-refractivity contribution is 7.97. The van der Waals surface area contributed by atoms with Crippen molar-refractivity contribution in [2.45, 2.75) is 31.1 Å². The Morgan fingerprint density at radius 2 is 1.75 bits per heavy atom. The minimum Gasteiger partial charge on any atom is -0.341 e. The largest absolute Gasteiger partial charge is 0.341 e. The number of carbonyl (C=O) groups is 1. The van der Waals surface area contributed by atoms with E-state index in [0.29, 0.717) is 0 Å². The second-order valence-corrected chi connectivity index (χ2v) is 9.38. The maximum Gasteiger partial charge on any atom is 0.223 e. The third-order valence-electron chi connectivity index (χ3n) is 5.83. The molecule has 1 N–H and O–H groups in total. The predicted octanol–water partition coefficient (Wildman–Crippen LogP) is 6.25. The number of nitrogens with zero attached hydrogens (tertiary/aromatic N) is 2. The van der Waals surface area contributed by atoms with E-state index in [1.165, 1.54) is 22.5 Å². The molecule has 0 bridgehead atoms. The lowest BCUT2D eigenvalue weighted by atomic mass is 10.0. The molecule has 0 radical (unpaired) electrons. The molecule has 0 saturated heterocycles. The van der Waals surface area contributed by atoms with E-state index in [9.17, 15) is 4.79 Å². The molecule has 1 heterocycles. The summed E-state index contributed by atoms with van der Waals surface area (Å²) in [6.07, 6.45) is 3.07. The number of rotatable bonds is 7. The molecule has 4 nitrogen and oxygen atoms in total. The van der Waals surface area contributed by atoms with Gasteiger partial charge in [0.15, 0.2) is 0 Å². The van der Waals surface area contributed by atoms with Crippen LogP contribution in [0.3, 0.4) is 0 Å². The summed E-state index contributed by atoms with van der Waals surface area (Å²) in [5.41, 5.74) is 6.15. The molecule has 0 saturated carbocycles. The Hall–Kier alpha value is -2.47. The topological polar surface area (TPSA) is 35.6 Å². The van der Waals surface area contributed by atoms with Crippen molar-refractivity contribution in [1.29, 1.82) is 0 Å². The van der Waals surface area contributed by atoms with Crippen LogP contribution in [0, 0.1) is 0 Å². The lowest BCUT2D eigenvalue weighted by Crippen LogP contribution is -2.23. The van der Waals surface area contributed by atoms with Gasteiger partial charge in [-0.2, -0.15) is 0 Å². The molecule has 6 heteroatoms. The first-order valence-electron chi connectivity index (χ1n) is 10.9. The number of halogens is 1. The van der Waals surface area contributed by atoms with Gasteiger partial charge in [-0.3, -0.25) is 9.52 Å². The van der Waals surface area contributed by atoms with Gasteiger partial charge in [-0.25, -0.2) is 0 Å². The molecule has 0 spiro atoms. The van der Waals surface area contributed by atoms with Gasteiger partial charge in [0.25, 0.3) is 0 Å². The summed E-state index contributed by atoms with van der Waals surface area (Å²) in [6, 6.07) is 23.0. The van der Waals surface area contributed by atoms with E-state index in [1.54, 1.807) is 30.8 Å². The van der Waals surface area contributed by atoms with Gasteiger partial charge in [-0.05, 0) is 84.8 Å². The zero-order valence-corrected chi connectivity index (χ0v) is 20.0. The van der Waals surface area contributed by atoms with E-state index in [1.807, 2.05) is 30.3 Å². The second-order valence-electron chi connectivity index (χ2n) is 7.98. The number of hydrogen-bond acceptors (Lipinski definition) is 4. The van der Waals surface area contributed by atoms with Crippen molar-refractivity contribution in [3.63, 3.8) is 0 Å². The zero-order chi connectivity index (χ0) is 22.5. The summed E-state index contributed by atoms with van der Waals surface area (Å²) in [5.74, 6) is 0.0291. The van der Waals surface area contributed by atoms with E-state index in [4.69, 9.17) is 11.6 Å². The van der Waals surface area contributed by atoms with Crippen molar-refractivity contribution < 1.29 is 4.79 Å². The molecular formula is C26H28ClN3OS. The Morgan fingerprint density at radius 1 is 1.03 bits per heavy atom. The highest BCUT2D eigenvalue weighted by Gasteiger charge is 2.20. The molecule has 0 unspecified atom stereocenters. The Kier molecular flexibility index (Phi) is 7.40. The molecule has 32 heavy (non-hydrogen) atoms. The number of benzene rings is 3. The fourth-order valence-corrected chi connectivity index (χ4v) is 4.84. The molecule has 0 atom stereocenters. The lowest BCUT2D eigenvalue weighted by Gasteiger charge is -2.27. The summed E-state index contributed by atoms with van der Waals surface area (Å²) in [6.45, 7) is 3.37. The van der Waals surface area contributed by atoms with Crippen molar-refractivity contribution in [1.82, 2.24) is 4.72 Å². The molecule has 0 fully saturated rings. The average Bonchev–Trinajstić information content (AvgIpc) is 2.95. The van der Waals surface area contributed by atoms with Gasteiger partial charge in [0.05, 0.1) is 0 Å². The molecule has 1 aliphatic rings. The van der Waals surface area contributed by atoms with Crippen LogP contribution in [0.1, 0.15) is 24.5 Å². The molecular weight excluding hydrogens is 438 g/mol. The molecule has 1 amide bonds. The molecule has 1 aliphatic heterocycles. The van der Waals surface area contributed by atoms with Crippen LogP contribution in [0.5, 0.6) is 0 Å². The van der Waals surface area contributed by atoms with E-state index in [0.717, 1.165) is 48.0 Å². The maximum atomic E-state index is 11.5. The van der Waals surface area contributed by atoms with Crippen LogP contribution in [0.4, 0.5) is 17.1 Å². The summed E-state index contributed by atoms with van der Waals surface area (Å²) < 4.78 is 3.47. The van der Waals surface area contributed by atoms with Crippen LogP contribution >= 0.6 is 23.5 Å². The highest BCUT2D eigenvalue weighted by Crippen LogP contribution is 2.37. The van der Waals surface area contributed by atoms with E-state index >= 15 is 0 Å².